The predicted octanol–water partition coefficient (Wildman–Crippen LogP) is 14.5. The quantitative estimate of drug-likeness (QED) is 0.0215. The third kappa shape index (κ3) is 41.3. The number of hydrogen-bond donors (Lipinski definition) is 8. The molecule has 1 heterocycles. The monoisotopic (exact) mass is 1070 g/mol. The number of aliphatic hydroxyl groups excluding tert-OH is 7. The summed E-state index contributed by atoms with van der Waals surface area (Å²) in [5.41, 5.74) is 0. The second kappa shape index (κ2) is 53.2. The van der Waals surface area contributed by atoms with Crippen LogP contribution in [0.4, 0.5) is 0 Å². The predicted molar refractivity (Wildman–Crippen MR) is 312 cm³/mol. The van der Waals surface area contributed by atoms with Crippen LogP contribution in [0, 0.1) is 0 Å². The molecule has 75 heavy (non-hydrogen) atoms. The van der Waals surface area contributed by atoms with Crippen molar-refractivity contribution in [1.82, 2.24) is 5.32 Å². The van der Waals surface area contributed by atoms with Gasteiger partial charge in [-0.3, -0.25) is 4.79 Å². The van der Waals surface area contributed by atoms with Crippen LogP contribution in [0.3, 0.4) is 0 Å². The molecule has 0 radical (unpaired) electrons. The number of nitrogens with one attached hydrogen (secondary N) is 1. The summed E-state index contributed by atoms with van der Waals surface area (Å²) in [4.78, 5) is 13.2. The minimum Gasteiger partial charge on any atom is -0.394 e. The van der Waals surface area contributed by atoms with Gasteiger partial charge in [-0.05, 0) is 51.4 Å². The van der Waals surface area contributed by atoms with Crippen LogP contribution in [-0.4, -0.2) is 110 Å². The summed E-state index contributed by atoms with van der Waals surface area (Å²) in [7, 11) is 0. The normalized spacial score (nSPS) is 19.8. The maximum Gasteiger partial charge on any atom is 0.249 e. The highest BCUT2D eigenvalue weighted by Gasteiger charge is 2.44. The van der Waals surface area contributed by atoms with Crippen molar-refractivity contribution < 1.29 is 50.0 Å². The molecule has 8 N–H and O–H groups in total. The molecule has 0 aromatic heterocycles. The molecule has 0 saturated carbocycles. The lowest BCUT2D eigenvalue weighted by Crippen LogP contribution is -2.60. The van der Waals surface area contributed by atoms with E-state index in [0.717, 1.165) is 38.5 Å². The van der Waals surface area contributed by atoms with Crippen molar-refractivity contribution in [2.75, 3.05) is 13.2 Å². The Morgan fingerprint density at radius 2 is 0.800 bits per heavy atom. The topological polar surface area (TPSA) is 189 Å². The molecular formula is C64H123NO10. The highest BCUT2D eigenvalue weighted by atomic mass is 16.7. The summed E-state index contributed by atoms with van der Waals surface area (Å²) in [5.74, 6) is -0.705. The van der Waals surface area contributed by atoms with Gasteiger partial charge in [-0.1, -0.05) is 282 Å². The number of carbonyl (C=O) groups excluding carboxylic acids is 1. The van der Waals surface area contributed by atoms with Crippen molar-refractivity contribution in [3.05, 3.63) is 24.3 Å². The molecule has 1 fully saturated rings. The van der Waals surface area contributed by atoms with Gasteiger partial charge in [0, 0.05) is 0 Å². The standard InChI is InChI=1S/C64H123NO10/c1-3-5-7-9-11-13-15-17-19-20-21-22-23-24-25-26-27-28-29-30-31-32-33-34-35-36-37-38-40-42-44-46-48-50-52-57(68)63(73)65-55(54-74-64-62(72)61(71)60(70)58(53-66)75-64)59(69)56(67)51-49-47-45-43-41-39-18-16-14-12-10-8-6-4-2/h16,18,43,45,55-62,64,66-72H,3-15,17,19-42,44,46-54H2,1-2H3,(H,65,73)/b18-16+,45-43+. The lowest BCUT2D eigenvalue weighted by molar-refractivity contribution is -0.303. The second-order valence-corrected chi connectivity index (χ2v) is 22.8. The van der Waals surface area contributed by atoms with E-state index < -0.39 is 74.2 Å². The van der Waals surface area contributed by atoms with E-state index in [0.29, 0.717) is 19.3 Å². The first kappa shape index (κ1) is 71.6. The zero-order valence-electron chi connectivity index (χ0n) is 48.8. The summed E-state index contributed by atoms with van der Waals surface area (Å²) >= 11 is 0. The smallest absolute Gasteiger partial charge is 0.249 e. The van der Waals surface area contributed by atoms with Gasteiger partial charge in [0.25, 0.3) is 0 Å². The van der Waals surface area contributed by atoms with Gasteiger partial charge in [0.15, 0.2) is 6.29 Å². The van der Waals surface area contributed by atoms with Crippen LogP contribution < -0.4 is 5.32 Å². The van der Waals surface area contributed by atoms with Gasteiger partial charge in [0.2, 0.25) is 5.91 Å². The maximum absolute atomic E-state index is 13.2. The number of aliphatic hydroxyl groups is 7. The highest BCUT2D eigenvalue weighted by Crippen LogP contribution is 2.24. The van der Waals surface area contributed by atoms with E-state index in [1.165, 1.54) is 225 Å². The van der Waals surface area contributed by atoms with Crippen molar-refractivity contribution in [1.29, 1.82) is 0 Å². The number of ether oxygens (including phenoxy) is 2. The van der Waals surface area contributed by atoms with Crippen molar-refractivity contribution >= 4 is 5.91 Å². The average molecular weight is 1070 g/mol. The third-order valence-electron chi connectivity index (χ3n) is 15.7. The minimum atomic E-state index is -1.67. The molecule has 1 aliphatic heterocycles. The zero-order chi connectivity index (χ0) is 54.7. The molecule has 9 unspecified atom stereocenters. The number of amides is 1. The van der Waals surface area contributed by atoms with Gasteiger partial charge in [0.05, 0.1) is 25.4 Å². The van der Waals surface area contributed by atoms with E-state index in [2.05, 4.69) is 43.5 Å². The Morgan fingerprint density at radius 1 is 0.453 bits per heavy atom. The van der Waals surface area contributed by atoms with Crippen molar-refractivity contribution in [2.24, 2.45) is 0 Å². The molecule has 11 heteroatoms. The fourth-order valence-electron chi connectivity index (χ4n) is 10.5. The molecule has 444 valence electrons. The van der Waals surface area contributed by atoms with Gasteiger partial charge in [0.1, 0.15) is 36.6 Å². The molecule has 0 aromatic rings. The van der Waals surface area contributed by atoms with E-state index in [-0.39, 0.29) is 12.8 Å². The fourth-order valence-corrected chi connectivity index (χ4v) is 10.5. The number of allylic oxidation sites excluding steroid dienone is 4. The first-order valence-corrected chi connectivity index (χ1v) is 32.2. The molecule has 0 spiro atoms. The molecule has 11 nitrogen and oxygen atoms in total. The van der Waals surface area contributed by atoms with Crippen molar-refractivity contribution in [3.8, 4) is 0 Å². The number of rotatable bonds is 56. The number of hydrogen-bond acceptors (Lipinski definition) is 10. The van der Waals surface area contributed by atoms with Crippen molar-refractivity contribution in [3.63, 3.8) is 0 Å². The van der Waals surface area contributed by atoms with Gasteiger partial charge >= 0.3 is 0 Å². The Kier molecular flexibility index (Phi) is 50.8. The largest absolute Gasteiger partial charge is 0.394 e. The fraction of sp³-hybridized carbons (Fsp3) is 0.922. The second-order valence-electron chi connectivity index (χ2n) is 22.8. The Bertz CT molecular complexity index is 1270. The average Bonchev–Trinajstić information content (AvgIpc) is 3.41. The molecule has 1 rings (SSSR count). The van der Waals surface area contributed by atoms with E-state index >= 15 is 0 Å². The summed E-state index contributed by atoms with van der Waals surface area (Å²) in [6.07, 6.45) is 54.2. The Labute approximate surface area is 461 Å². The Morgan fingerprint density at radius 3 is 1.19 bits per heavy atom. The van der Waals surface area contributed by atoms with Crippen LogP contribution in [0.25, 0.3) is 0 Å². The van der Waals surface area contributed by atoms with Gasteiger partial charge in [-0.15, -0.1) is 0 Å². The molecule has 1 amide bonds. The zero-order valence-corrected chi connectivity index (χ0v) is 48.8. The van der Waals surface area contributed by atoms with Gasteiger partial charge in [-0.25, -0.2) is 0 Å². The summed E-state index contributed by atoms with van der Waals surface area (Å²) in [6.45, 7) is 3.45. The van der Waals surface area contributed by atoms with Gasteiger partial charge < -0.3 is 50.5 Å². The summed E-state index contributed by atoms with van der Waals surface area (Å²) in [5, 5.41) is 76.1. The Balaban J connectivity index is 2.15. The number of unbranched alkanes of at least 4 members (excludes halogenated alkanes) is 40. The van der Waals surface area contributed by atoms with E-state index in [9.17, 15) is 40.5 Å². The van der Waals surface area contributed by atoms with Crippen LogP contribution in [-0.2, 0) is 14.3 Å². The molecular weight excluding hydrogens is 943 g/mol. The van der Waals surface area contributed by atoms with E-state index in [1.807, 2.05) is 0 Å². The molecule has 0 aliphatic carbocycles. The van der Waals surface area contributed by atoms with E-state index in [1.54, 1.807) is 0 Å². The molecule has 1 saturated heterocycles. The minimum absolute atomic E-state index is 0.248. The van der Waals surface area contributed by atoms with Crippen molar-refractivity contribution in [2.45, 2.75) is 364 Å². The van der Waals surface area contributed by atoms with Crippen LogP contribution in [0.15, 0.2) is 24.3 Å². The van der Waals surface area contributed by atoms with E-state index in [4.69, 9.17) is 9.47 Å². The highest BCUT2D eigenvalue weighted by molar-refractivity contribution is 5.80. The molecule has 1 aliphatic rings. The maximum atomic E-state index is 13.2. The Hall–Kier alpha value is -1.41. The first-order valence-electron chi connectivity index (χ1n) is 32.2. The lowest BCUT2D eigenvalue weighted by Gasteiger charge is -2.40. The molecule has 0 aromatic carbocycles. The number of carbonyl (C=O) groups is 1. The SMILES string of the molecule is CCCCCCC/C=C/CC/C=C/CCCC(O)C(O)C(COC1OC(CO)C(O)C(O)C1O)NC(=O)C(O)CCCCCCCCCCCCCCCCCCCCCCCCCCCCCCCCCCCC. The van der Waals surface area contributed by atoms with Crippen LogP contribution in [0.2, 0.25) is 0 Å². The molecule has 9 atom stereocenters. The van der Waals surface area contributed by atoms with Crippen LogP contribution >= 0.6 is 0 Å². The summed E-state index contributed by atoms with van der Waals surface area (Å²) in [6, 6.07) is -1.19. The van der Waals surface area contributed by atoms with Gasteiger partial charge in [-0.2, -0.15) is 0 Å². The first-order chi connectivity index (χ1) is 36.7. The summed E-state index contributed by atoms with van der Waals surface area (Å²) < 4.78 is 11.1. The molecule has 0 bridgehead atoms. The lowest BCUT2D eigenvalue weighted by atomic mass is 9.98. The van der Waals surface area contributed by atoms with Crippen LogP contribution in [0.5, 0.6) is 0 Å². The third-order valence-corrected chi connectivity index (χ3v) is 15.7. The van der Waals surface area contributed by atoms with Crippen LogP contribution in [0.1, 0.15) is 309 Å².